The largest absolute Gasteiger partial charge is 0.494 e. The molecule has 0 aromatic heterocycles. The summed E-state index contributed by atoms with van der Waals surface area (Å²) in [6.45, 7) is 6.99. The molecule has 5 nitrogen and oxygen atoms in total. The molecular formula is C20H23NO4. The van der Waals surface area contributed by atoms with Crippen LogP contribution in [0.5, 0.6) is 17.2 Å². The summed E-state index contributed by atoms with van der Waals surface area (Å²) in [6, 6.07) is 10.9. The Kier molecular flexibility index (Phi) is 5.12. The number of carbonyl (C=O) groups is 1. The lowest BCUT2D eigenvalue weighted by Crippen LogP contribution is -2.13. The van der Waals surface area contributed by atoms with Gasteiger partial charge >= 0.3 is 0 Å². The monoisotopic (exact) mass is 341 g/mol. The molecule has 3 rings (SSSR count). The van der Waals surface area contributed by atoms with Gasteiger partial charge in [0.05, 0.1) is 18.9 Å². The van der Waals surface area contributed by atoms with Crippen molar-refractivity contribution in [3.63, 3.8) is 0 Å². The average molecular weight is 341 g/mol. The fourth-order valence-corrected chi connectivity index (χ4v) is 2.88. The molecule has 0 saturated carbocycles. The molecule has 1 aliphatic rings. The van der Waals surface area contributed by atoms with E-state index in [1.54, 1.807) is 24.3 Å². The summed E-state index contributed by atoms with van der Waals surface area (Å²) in [5, 5.41) is 2.92. The Hall–Kier alpha value is -2.69. The smallest absolute Gasteiger partial charge is 0.255 e. The van der Waals surface area contributed by atoms with Crippen LogP contribution in [0.2, 0.25) is 0 Å². The lowest BCUT2D eigenvalue weighted by atomic mass is 10.1. The van der Waals surface area contributed by atoms with Gasteiger partial charge in [0.2, 0.25) is 0 Å². The van der Waals surface area contributed by atoms with E-state index in [0.29, 0.717) is 30.2 Å². The summed E-state index contributed by atoms with van der Waals surface area (Å²) in [5.41, 5.74) is 2.28. The number of benzene rings is 2. The Morgan fingerprint density at radius 1 is 1.16 bits per heavy atom. The highest BCUT2D eigenvalue weighted by Gasteiger charge is 2.22. The highest BCUT2D eigenvalue weighted by Crippen LogP contribution is 2.38. The number of hydrogen-bond acceptors (Lipinski definition) is 4. The predicted octanol–water partition coefficient (Wildman–Crippen LogP) is 4.06. The minimum Gasteiger partial charge on any atom is -0.494 e. The third kappa shape index (κ3) is 3.87. The lowest BCUT2D eigenvalue weighted by Gasteiger charge is -2.14. The molecule has 0 bridgehead atoms. The van der Waals surface area contributed by atoms with E-state index in [2.05, 4.69) is 5.32 Å². The molecule has 0 saturated heterocycles. The molecule has 1 aliphatic heterocycles. The molecule has 25 heavy (non-hydrogen) atoms. The fraction of sp³-hybridized carbons (Fsp3) is 0.350. The molecule has 1 heterocycles. The minimum absolute atomic E-state index is 0.140. The molecule has 2 aromatic rings. The van der Waals surface area contributed by atoms with Gasteiger partial charge in [-0.1, -0.05) is 0 Å². The summed E-state index contributed by atoms with van der Waals surface area (Å²) >= 11 is 0. The summed E-state index contributed by atoms with van der Waals surface area (Å²) in [6.07, 6.45) is 0.990. The number of fused-ring (bicyclic) bond motifs is 1. The topological polar surface area (TPSA) is 56.8 Å². The zero-order valence-electron chi connectivity index (χ0n) is 14.8. The summed E-state index contributed by atoms with van der Waals surface area (Å²) in [5.74, 6) is 2.01. The van der Waals surface area contributed by atoms with Crippen LogP contribution in [-0.2, 0) is 6.42 Å². The normalized spacial score (nSPS) is 15.2. The molecule has 0 spiro atoms. The number of carbonyl (C=O) groups excluding carboxylic acids is 1. The van der Waals surface area contributed by atoms with Crippen molar-refractivity contribution in [2.24, 2.45) is 0 Å². The molecule has 1 N–H and O–H groups in total. The maximum absolute atomic E-state index is 12.6. The second-order valence-electron chi connectivity index (χ2n) is 5.93. The van der Waals surface area contributed by atoms with Crippen molar-refractivity contribution < 1.29 is 19.0 Å². The van der Waals surface area contributed by atoms with Crippen LogP contribution in [0.1, 0.15) is 36.7 Å². The Labute approximate surface area is 147 Å². The average Bonchev–Trinajstić information content (AvgIpc) is 2.95. The zero-order chi connectivity index (χ0) is 17.8. The van der Waals surface area contributed by atoms with Gasteiger partial charge in [-0.2, -0.15) is 0 Å². The lowest BCUT2D eigenvalue weighted by molar-refractivity contribution is 0.102. The predicted molar refractivity (Wildman–Crippen MR) is 97.0 cm³/mol. The second kappa shape index (κ2) is 7.47. The van der Waals surface area contributed by atoms with Crippen molar-refractivity contribution in [3.8, 4) is 17.2 Å². The third-order valence-electron chi connectivity index (χ3n) is 3.97. The first-order valence-corrected chi connectivity index (χ1v) is 8.61. The summed E-state index contributed by atoms with van der Waals surface area (Å²) < 4.78 is 16.9. The van der Waals surface area contributed by atoms with Crippen molar-refractivity contribution in [2.45, 2.75) is 33.3 Å². The SMILES string of the molecule is CCOc1ccc(C(=O)Nc2cc3c(cc2OCC)C[C@@H](C)O3)cc1. The van der Waals surface area contributed by atoms with Crippen LogP contribution in [0.25, 0.3) is 0 Å². The highest BCUT2D eigenvalue weighted by atomic mass is 16.5. The van der Waals surface area contributed by atoms with Gasteiger partial charge in [-0.3, -0.25) is 4.79 Å². The first-order chi connectivity index (χ1) is 12.1. The minimum atomic E-state index is -0.199. The van der Waals surface area contributed by atoms with Gasteiger partial charge in [0.1, 0.15) is 23.4 Å². The van der Waals surface area contributed by atoms with E-state index in [-0.39, 0.29) is 12.0 Å². The van der Waals surface area contributed by atoms with Crippen LogP contribution in [0, 0.1) is 0 Å². The van der Waals surface area contributed by atoms with Crippen molar-refractivity contribution >= 4 is 11.6 Å². The maximum Gasteiger partial charge on any atom is 0.255 e. The molecular weight excluding hydrogens is 318 g/mol. The molecule has 0 radical (unpaired) electrons. The van der Waals surface area contributed by atoms with Crippen LogP contribution in [0.15, 0.2) is 36.4 Å². The van der Waals surface area contributed by atoms with Crippen LogP contribution in [-0.4, -0.2) is 25.2 Å². The fourth-order valence-electron chi connectivity index (χ4n) is 2.88. The molecule has 5 heteroatoms. The first-order valence-electron chi connectivity index (χ1n) is 8.61. The van der Waals surface area contributed by atoms with Gasteiger partial charge in [0, 0.05) is 23.6 Å². The van der Waals surface area contributed by atoms with Crippen molar-refractivity contribution in [1.82, 2.24) is 0 Å². The van der Waals surface area contributed by atoms with E-state index in [9.17, 15) is 4.79 Å². The quantitative estimate of drug-likeness (QED) is 0.861. The van der Waals surface area contributed by atoms with Gasteiger partial charge in [0.15, 0.2) is 0 Å². The Bertz CT molecular complexity index is 755. The Balaban J connectivity index is 1.81. The maximum atomic E-state index is 12.6. The number of hydrogen-bond donors (Lipinski definition) is 1. The van der Waals surface area contributed by atoms with E-state index < -0.39 is 0 Å². The molecule has 0 fully saturated rings. The van der Waals surface area contributed by atoms with Gasteiger partial charge in [-0.05, 0) is 51.1 Å². The number of anilines is 1. The van der Waals surface area contributed by atoms with Crippen LogP contribution >= 0.6 is 0 Å². The summed E-state index contributed by atoms with van der Waals surface area (Å²) in [7, 11) is 0. The first kappa shape index (κ1) is 17.1. The van der Waals surface area contributed by atoms with Gasteiger partial charge in [-0.25, -0.2) is 0 Å². The standard InChI is InChI=1S/C20H23NO4/c1-4-23-16-8-6-14(7-9-16)20(22)21-17-12-18-15(10-13(3)25-18)11-19(17)24-5-2/h6-9,11-13H,4-5,10H2,1-3H3,(H,21,22)/t13-/m1/s1. The number of rotatable bonds is 6. The number of amides is 1. The van der Waals surface area contributed by atoms with Crippen LogP contribution in [0.4, 0.5) is 5.69 Å². The van der Waals surface area contributed by atoms with Crippen molar-refractivity contribution in [1.29, 1.82) is 0 Å². The number of nitrogens with one attached hydrogen (secondary N) is 1. The van der Waals surface area contributed by atoms with Gasteiger partial charge < -0.3 is 19.5 Å². The van der Waals surface area contributed by atoms with Crippen molar-refractivity contribution in [2.75, 3.05) is 18.5 Å². The molecule has 0 aliphatic carbocycles. The van der Waals surface area contributed by atoms with Crippen LogP contribution in [0.3, 0.4) is 0 Å². The van der Waals surface area contributed by atoms with Gasteiger partial charge in [-0.15, -0.1) is 0 Å². The van der Waals surface area contributed by atoms with Crippen LogP contribution < -0.4 is 19.5 Å². The summed E-state index contributed by atoms with van der Waals surface area (Å²) in [4.78, 5) is 12.6. The second-order valence-corrected chi connectivity index (χ2v) is 5.93. The zero-order valence-corrected chi connectivity index (χ0v) is 14.8. The van der Waals surface area contributed by atoms with E-state index in [1.165, 1.54) is 0 Å². The Morgan fingerprint density at radius 2 is 1.88 bits per heavy atom. The van der Waals surface area contributed by atoms with Crippen molar-refractivity contribution in [3.05, 3.63) is 47.5 Å². The van der Waals surface area contributed by atoms with E-state index in [0.717, 1.165) is 23.5 Å². The van der Waals surface area contributed by atoms with E-state index in [4.69, 9.17) is 14.2 Å². The molecule has 1 atom stereocenters. The Morgan fingerprint density at radius 3 is 2.56 bits per heavy atom. The van der Waals surface area contributed by atoms with E-state index in [1.807, 2.05) is 32.9 Å². The third-order valence-corrected chi connectivity index (χ3v) is 3.97. The molecule has 0 unspecified atom stereocenters. The molecule has 1 amide bonds. The number of ether oxygens (including phenoxy) is 3. The molecule has 2 aromatic carbocycles. The molecule has 132 valence electrons. The van der Waals surface area contributed by atoms with Gasteiger partial charge in [0.25, 0.3) is 5.91 Å². The highest BCUT2D eigenvalue weighted by molar-refractivity contribution is 6.05. The van der Waals surface area contributed by atoms with E-state index >= 15 is 0 Å².